The van der Waals surface area contributed by atoms with Crippen molar-refractivity contribution in [3.05, 3.63) is 18.4 Å². The van der Waals surface area contributed by atoms with Crippen molar-refractivity contribution in [2.24, 2.45) is 5.73 Å². The maximum Gasteiger partial charge on any atom is 0.323 e. The van der Waals surface area contributed by atoms with E-state index in [9.17, 15) is 9.59 Å². The first-order valence-electron chi connectivity index (χ1n) is 3.21. The van der Waals surface area contributed by atoms with E-state index in [0.717, 1.165) is 0 Å². The highest BCUT2D eigenvalue weighted by Gasteiger charge is 2.09. The van der Waals surface area contributed by atoms with Gasteiger partial charge in [0.15, 0.2) is 0 Å². The highest BCUT2D eigenvalue weighted by atomic mass is 16.6. The van der Waals surface area contributed by atoms with E-state index in [1.54, 1.807) is 6.07 Å². The van der Waals surface area contributed by atoms with E-state index in [4.69, 9.17) is 10.2 Å². The van der Waals surface area contributed by atoms with Crippen LogP contribution in [0.1, 0.15) is 6.42 Å². The van der Waals surface area contributed by atoms with Gasteiger partial charge in [0.25, 0.3) is 5.95 Å². The van der Waals surface area contributed by atoms with Crippen molar-refractivity contribution < 1.29 is 18.7 Å². The summed E-state index contributed by atoms with van der Waals surface area (Å²) in [6.45, 7) is 0. The third-order valence-electron chi connectivity index (χ3n) is 1.03. The molecule has 5 heteroatoms. The van der Waals surface area contributed by atoms with Crippen molar-refractivity contribution in [1.82, 2.24) is 0 Å². The summed E-state index contributed by atoms with van der Waals surface area (Å²) >= 11 is 0. The fraction of sp³-hybridized carbons (Fsp3) is 0.143. The quantitative estimate of drug-likeness (QED) is 0.512. The van der Waals surface area contributed by atoms with Crippen molar-refractivity contribution in [2.75, 3.05) is 0 Å². The number of hydrogen-bond acceptors (Lipinski definition) is 4. The molecule has 5 nitrogen and oxygen atoms in total. The number of hydrogen-bond donors (Lipinski definition) is 1. The largest absolute Gasteiger partial charge is 0.434 e. The molecule has 0 bridgehead atoms. The van der Waals surface area contributed by atoms with E-state index in [1.165, 1.54) is 12.3 Å². The van der Waals surface area contributed by atoms with Crippen molar-refractivity contribution in [2.45, 2.75) is 6.42 Å². The first kappa shape index (κ1) is 8.32. The highest BCUT2D eigenvalue weighted by molar-refractivity contribution is 5.93. The number of carbonyl (C=O) groups excluding carboxylic acids is 2. The van der Waals surface area contributed by atoms with Crippen LogP contribution >= 0.6 is 0 Å². The van der Waals surface area contributed by atoms with Gasteiger partial charge in [-0.3, -0.25) is 9.59 Å². The number of esters is 1. The van der Waals surface area contributed by atoms with Gasteiger partial charge in [0.05, 0.1) is 6.26 Å². The third kappa shape index (κ3) is 2.45. The zero-order chi connectivity index (χ0) is 8.97. The minimum Gasteiger partial charge on any atom is -0.434 e. The van der Waals surface area contributed by atoms with Crippen molar-refractivity contribution in [3.8, 4) is 5.95 Å². The number of primary amides is 1. The predicted molar refractivity (Wildman–Crippen MR) is 38.2 cm³/mol. The Morgan fingerprint density at radius 2 is 2.33 bits per heavy atom. The Labute approximate surface area is 68.1 Å². The van der Waals surface area contributed by atoms with Crippen LogP contribution in [0.3, 0.4) is 0 Å². The Kier molecular flexibility index (Phi) is 2.47. The van der Waals surface area contributed by atoms with Gasteiger partial charge >= 0.3 is 5.97 Å². The Balaban J connectivity index is 2.42. The summed E-state index contributed by atoms with van der Waals surface area (Å²) in [5.74, 6) is -1.40. The van der Waals surface area contributed by atoms with E-state index >= 15 is 0 Å². The molecular formula is C7H7NO4. The lowest BCUT2D eigenvalue weighted by Crippen LogP contribution is -2.19. The lowest BCUT2D eigenvalue weighted by molar-refractivity contribution is -0.138. The third-order valence-corrected chi connectivity index (χ3v) is 1.03. The normalized spacial score (nSPS) is 9.33. The zero-order valence-electron chi connectivity index (χ0n) is 6.15. The van der Waals surface area contributed by atoms with Crippen LogP contribution in [0.15, 0.2) is 22.8 Å². The van der Waals surface area contributed by atoms with Crippen LogP contribution in [0.5, 0.6) is 5.95 Å². The van der Waals surface area contributed by atoms with Crippen LogP contribution in [-0.2, 0) is 9.59 Å². The van der Waals surface area contributed by atoms with E-state index < -0.39 is 18.3 Å². The SMILES string of the molecule is NC(=O)CC(=O)Oc1ccco1. The van der Waals surface area contributed by atoms with Gasteiger partial charge in [0.2, 0.25) is 5.91 Å². The molecule has 1 rings (SSSR count). The van der Waals surface area contributed by atoms with Crippen LogP contribution in [0.2, 0.25) is 0 Å². The highest BCUT2D eigenvalue weighted by Crippen LogP contribution is 2.10. The van der Waals surface area contributed by atoms with Gasteiger partial charge in [-0.2, -0.15) is 0 Å². The second-order valence-electron chi connectivity index (χ2n) is 2.05. The molecule has 0 spiro atoms. The summed E-state index contributed by atoms with van der Waals surface area (Å²) in [5, 5.41) is 0. The maximum atomic E-state index is 10.7. The standard InChI is InChI=1S/C7H7NO4/c8-5(9)4-6(10)12-7-2-1-3-11-7/h1-3H,4H2,(H2,8,9). The molecule has 0 saturated heterocycles. The number of rotatable bonds is 3. The van der Waals surface area contributed by atoms with Crippen LogP contribution in [0, 0.1) is 0 Å². The number of carbonyl (C=O) groups is 2. The van der Waals surface area contributed by atoms with Crippen LogP contribution in [0.25, 0.3) is 0 Å². The van der Waals surface area contributed by atoms with Gasteiger partial charge in [0, 0.05) is 6.07 Å². The molecule has 0 fully saturated rings. The summed E-state index contributed by atoms with van der Waals surface area (Å²) in [4.78, 5) is 21.0. The number of furan rings is 1. The lowest BCUT2D eigenvalue weighted by Gasteiger charge is -1.96. The molecule has 1 aromatic heterocycles. The van der Waals surface area contributed by atoms with Gasteiger partial charge in [-0.05, 0) is 6.07 Å². The Bertz CT molecular complexity index is 278. The first-order valence-corrected chi connectivity index (χ1v) is 3.21. The Hall–Kier alpha value is -1.78. The number of nitrogens with two attached hydrogens (primary N) is 1. The van der Waals surface area contributed by atoms with Gasteiger partial charge in [-0.25, -0.2) is 0 Å². The number of ether oxygens (including phenoxy) is 1. The second-order valence-corrected chi connectivity index (χ2v) is 2.05. The fourth-order valence-electron chi connectivity index (χ4n) is 0.612. The lowest BCUT2D eigenvalue weighted by atomic mass is 10.4. The maximum absolute atomic E-state index is 10.7. The molecular weight excluding hydrogens is 162 g/mol. The molecule has 64 valence electrons. The summed E-state index contributed by atoms with van der Waals surface area (Å²) < 4.78 is 9.25. The predicted octanol–water partition coefficient (Wildman–Crippen LogP) is 0.0604. The van der Waals surface area contributed by atoms with E-state index in [2.05, 4.69) is 4.74 Å². The van der Waals surface area contributed by atoms with E-state index in [-0.39, 0.29) is 5.95 Å². The van der Waals surface area contributed by atoms with Gasteiger partial charge in [-0.1, -0.05) is 0 Å². The van der Waals surface area contributed by atoms with Crippen LogP contribution < -0.4 is 10.5 Å². The molecule has 1 aromatic rings. The monoisotopic (exact) mass is 169 g/mol. The average molecular weight is 169 g/mol. The average Bonchev–Trinajstić information content (AvgIpc) is 2.37. The molecule has 0 atom stereocenters. The second kappa shape index (κ2) is 3.56. The molecule has 0 aliphatic rings. The summed E-state index contributed by atoms with van der Waals surface area (Å²) in [7, 11) is 0. The Morgan fingerprint density at radius 1 is 1.58 bits per heavy atom. The first-order chi connectivity index (χ1) is 5.68. The van der Waals surface area contributed by atoms with Gasteiger partial charge < -0.3 is 14.9 Å². The minimum absolute atomic E-state index is 0.0567. The smallest absolute Gasteiger partial charge is 0.323 e. The van der Waals surface area contributed by atoms with Gasteiger partial charge in [-0.15, -0.1) is 0 Å². The summed E-state index contributed by atoms with van der Waals surface area (Å²) in [6.07, 6.45) is 0.910. The molecule has 0 aliphatic heterocycles. The van der Waals surface area contributed by atoms with Crippen LogP contribution in [0.4, 0.5) is 0 Å². The summed E-state index contributed by atoms with van der Waals surface area (Å²) in [6, 6.07) is 3.02. The summed E-state index contributed by atoms with van der Waals surface area (Å²) in [5.41, 5.74) is 4.75. The molecule has 1 amide bonds. The molecule has 0 unspecified atom stereocenters. The fourth-order valence-corrected chi connectivity index (χ4v) is 0.612. The molecule has 0 saturated carbocycles. The molecule has 0 radical (unpaired) electrons. The molecule has 12 heavy (non-hydrogen) atoms. The van der Waals surface area contributed by atoms with Crippen LogP contribution in [-0.4, -0.2) is 11.9 Å². The van der Waals surface area contributed by atoms with Crippen molar-refractivity contribution in [3.63, 3.8) is 0 Å². The van der Waals surface area contributed by atoms with Gasteiger partial charge in [0.1, 0.15) is 6.42 Å². The zero-order valence-corrected chi connectivity index (χ0v) is 6.15. The Morgan fingerprint density at radius 3 is 2.83 bits per heavy atom. The molecule has 2 N–H and O–H groups in total. The topological polar surface area (TPSA) is 82.5 Å². The van der Waals surface area contributed by atoms with Crippen molar-refractivity contribution in [1.29, 1.82) is 0 Å². The van der Waals surface area contributed by atoms with E-state index in [0.29, 0.717) is 0 Å². The van der Waals surface area contributed by atoms with Crippen molar-refractivity contribution >= 4 is 11.9 Å². The van der Waals surface area contributed by atoms with E-state index in [1.807, 2.05) is 0 Å². The molecule has 1 heterocycles. The molecule has 0 aromatic carbocycles. The number of amides is 1. The molecule has 0 aliphatic carbocycles. The minimum atomic E-state index is -0.730.